The van der Waals surface area contributed by atoms with Crippen LogP contribution in [0.1, 0.15) is 19.8 Å². The van der Waals surface area contributed by atoms with Crippen LogP contribution in [0.15, 0.2) is 42.5 Å². The smallest absolute Gasteiger partial charge is 0.271 e. The molecule has 0 heterocycles. The Kier molecular flexibility index (Phi) is 5.96. The number of nitro benzene ring substituents is 1. The molecular weight excluding hydrogens is 376 g/mol. The summed E-state index contributed by atoms with van der Waals surface area (Å²) >= 11 is 0. The van der Waals surface area contributed by atoms with Crippen LogP contribution in [0.3, 0.4) is 0 Å². The van der Waals surface area contributed by atoms with Crippen molar-refractivity contribution in [2.75, 3.05) is 23.1 Å². The summed E-state index contributed by atoms with van der Waals surface area (Å²) in [5.41, 5.74) is 1.47. The standard InChI is InChI=1S/C20H22N4O5/c1-12(19(25)23-17-11-16(24(27)28)9-10-18(17)29-2)21-14-5-7-15(8-6-14)22-20(26)13-3-4-13/h5-13,21H,3-4H2,1-2H3,(H,22,26)(H,23,25). The molecule has 152 valence electrons. The number of nitrogens with zero attached hydrogens (tertiary/aromatic N) is 1. The molecule has 2 aromatic carbocycles. The van der Waals surface area contributed by atoms with E-state index < -0.39 is 11.0 Å². The number of rotatable bonds is 8. The lowest BCUT2D eigenvalue weighted by Gasteiger charge is -2.17. The van der Waals surface area contributed by atoms with Crippen LogP contribution in [-0.4, -0.2) is 29.9 Å². The average molecular weight is 398 g/mol. The molecule has 0 aliphatic heterocycles. The van der Waals surface area contributed by atoms with Crippen LogP contribution >= 0.6 is 0 Å². The minimum Gasteiger partial charge on any atom is -0.495 e. The van der Waals surface area contributed by atoms with Gasteiger partial charge in [-0.25, -0.2) is 0 Å². The number of hydrogen-bond donors (Lipinski definition) is 3. The molecule has 9 heteroatoms. The van der Waals surface area contributed by atoms with Crippen LogP contribution in [0.4, 0.5) is 22.7 Å². The minimum absolute atomic E-state index is 0.0318. The molecule has 1 atom stereocenters. The monoisotopic (exact) mass is 398 g/mol. The number of carbonyl (C=O) groups excluding carboxylic acids is 2. The Morgan fingerprint density at radius 1 is 1.10 bits per heavy atom. The van der Waals surface area contributed by atoms with Gasteiger partial charge in [0.2, 0.25) is 11.8 Å². The molecule has 2 amide bonds. The lowest BCUT2D eigenvalue weighted by Crippen LogP contribution is -2.32. The van der Waals surface area contributed by atoms with Gasteiger partial charge in [0.15, 0.2) is 0 Å². The van der Waals surface area contributed by atoms with Crippen LogP contribution in [0.25, 0.3) is 0 Å². The summed E-state index contributed by atoms with van der Waals surface area (Å²) in [6, 6.07) is 10.4. The van der Waals surface area contributed by atoms with E-state index in [9.17, 15) is 19.7 Å². The fourth-order valence-electron chi connectivity index (χ4n) is 2.70. The fraction of sp³-hybridized carbons (Fsp3) is 0.300. The zero-order chi connectivity index (χ0) is 21.0. The first kappa shape index (κ1) is 20.1. The van der Waals surface area contributed by atoms with Crippen molar-refractivity contribution in [1.29, 1.82) is 0 Å². The van der Waals surface area contributed by atoms with Crippen molar-refractivity contribution < 1.29 is 19.2 Å². The van der Waals surface area contributed by atoms with E-state index in [0.717, 1.165) is 12.8 Å². The Morgan fingerprint density at radius 3 is 2.34 bits per heavy atom. The van der Waals surface area contributed by atoms with E-state index in [1.54, 1.807) is 31.2 Å². The highest BCUT2D eigenvalue weighted by Crippen LogP contribution is 2.31. The van der Waals surface area contributed by atoms with Crippen molar-refractivity contribution in [3.05, 3.63) is 52.6 Å². The molecule has 1 saturated carbocycles. The molecule has 1 unspecified atom stereocenters. The number of carbonyl (C=O) groups is 2. The SMILES string of the molecule is COc1ccc([N+](=O)[O-])cc1NC(=O)C(C)Nc1ccc(NC(=O)C2CC2)cc1. The molecule has 1 aliphatic carbocycles. The summed E-state index contributed by atoms with van der Waals surface area (Å²) in [6.07, 6.45) is 1.88. The zero-order valence-corrected chi connectivity index (χ0v) is 16.1. The van der Waals surface area contributed by atoms with Gasteiger partial charge in [0.1, 0.15) is 11.8 Å². The van der Waals surface area contributed by atoms with Crippen LogP contribution in [0, 0.1) is 16.0 Å². The Balaban J connectivity index is 1.61. The van der Waals surface area contributed by atoms with Gasteiger partial charge in [0.05, 0.1) is 17.7 Å². The molecular formula is C20H22N4O5. The first-order valence-electron chi connectivity index (χ1n) is 9.18. The number of nitro groups is 1. The topological polar surface area (TPSA) is 123 Å². The van der Waals surface area contributed by atoms with E-state index >= 15 is 0 Å². The van der Waals surface area contributed by atoms with Gasteiger partial charge in [-0.3, -0.25) is 19.7 Å². The summed E-state index contributed by atoms with van der Waals surface area (Å²) in [7, 11) is 1.42. The van der Waals surface area contributed by atoms with Crippen LogP contribution < -0.4 is 20.7 Å². The number of nitrogens with one attached hydrogen (secondary N) is 3. The van der Waals surface area contributed by atoms with Crippen molar-refractivity contribution in [3.8, 4) is 5.75 Å². The number of non-ortho nitro benzene ring substituents is 1. The molecule has 3 rings (SSSR count). The number of benzene rings is 2. The van der Waals surface area contributed by atoms with E-state index in [2.05, 4.69) is 16.0 Å². The fourth-order valence-corrected chi connectivity index (χ4v) is 2.70. The highest BCUT2D eigenvalue weighted by Gasteiger charge is 2.29. The molecule has 0 spiro atoms. The molecule has 0 radical (unpaired) electrons. The van der Waals surface area contributed by atoms with E-state index in [1.165, 1.54) is 25.3 Å². The van der Waals surface area contributed by atoms with Crippen LogP contribution in [0.2, 0.25) is 0 Å². The highest BCUT2D eigenvalue weighted by molar-refractivity contribution is 5.98. The Bertz CT molecular complexity index is 925. The average Bonchev–Trinajstić information content (AvgIpc) is 3.54. The van der Waals surface area contributed by atoms with Crippen molar-refractivity contribution in [3.63, 3.8) is 0 Å². The molecule has 3 N–H and O–H groups in total. The van der Waals surface area contributed by atoms with Gasteiger partial charge in [-0.1, -0.05) is 0 Å². The Morgan fingerprint density at radius 2 is 1.76 bits per heavy atom. The summed E-state index contributed by atoms with van der Waals surface area (Å²) in [5, 5.41) is 19.5. The second-order valence-corrected chi connectivity index (χ2v) is 6.84. The molecule has 0 bridgehead atoms. The molecule has 9 nitrogen and oxygen atoms in total. The maximum Gasteiger partial charge on any atom is 0.271 e. The maximum atomic E-state index is 12.5. The lowest BCUT2D eigenvalue weighted by atomic mass is 10.2. The zero-order valence-electron chi connectivity index (χ0n) is 16.1. The largest absolute Gasteiger partial charge is 0.495 e. The second kappa shape index (κ2) is 8.59. The Hall–Kier alpha value is -3.62. The van der Waals surface area contributed by atoms with E-state index in [4.69, 9.17) is 4.74 Å². The van der Waals surface area contributed by atoms with Gasteiger partial charge in [-0.15, -0.1) is 0 Å². The Labute approximate surface area is 167 Å². The van der Waals surface area contributed by atoms with Gasteiger partial charge in [0, 0.05) is 29.4 Å². The summed E-state index contributed by atoms with van der Waals surface area (Å²) in [5.74, 6) is 0.105. The number of hydrogen-bond acceptors (Lipinski definition) is 6. The van der Waals surface area contributed by atoms with E-state index in [0.29, 0.717) is 17.1 Å². The van der Waals surface area contributed by atoms with Crippen molar-refractivity contribution in [2.45, 2.75) is 25.8 Å². The molecule has 29 heavy (non-hydrogen) atoms. The van der Waals surface area contributed by atoms with Crippen molar-refractivity contribution >= 4 is 34.6 Å². The number of anilines is 3. The van der Waals surface area contributed by atoms with Gasteiger partial charge < -0.3 is 20.7 Å². The van der Waals surface area contributed by atoms with Gasteiger partial charge >= 0.3 is 0 Å². The number of amides is 2. The first-order valence-corrected chi connectivity index (χ1v) is 9.18. The third-order valence-corrected chi connectivity index (χ3v) is 4.53. The third kappa shape index (κ3) is 5.22. The molecule has 0 saturated heterocycles. The highest BCUT2D eigenvalue weighted by atomic mass is 16.6. The summed E-state index contributed by atoms with van der Waals surface area (Å²) in [6.45, 7) is 1.67. The molecule has 2 aromatic rings. The van der Waals surface area contributed by atoms with Gasteiger partial charge in [-0.2, -0.15) is 0 Å². The molecule has 1 aliphatic rings. The quantitative estimate of drug-likeness (QED) is 0.463. The first-order chi connectivity index (χ1) is 13.9. The minimum atomic E-state index is -0.620. The predicted octanol–water partition coefficient (Wildman–Crippen LogP) is 3.39. The summed E-state index contributed by atoms with van der Waals surface area (Å²) < 4.78 is 5.15. The number of methoxy groups -OCH3 is 1. The third-order valence-electron chi connectivity index (χ3n) is 4.53. The normalized spacial score (nSPS) is 13.9. The maximum absolute atomic E-state index is 12.5. The molecule has 1 fully saturated rings. The van der Waals surface area contributed by atoms with E-state index in [-0.39, 0.29) is 29.1 Å². The molecule has 0 aromatic heterocycles. The van der Waals surface area contributed by atoms with Crippen LogP contribution in [0.5, 0.6) is 5.75 Å². The van der Waals surface area contributed by atoms with Crippen molar-refractivity contribution in [1.82, 2.24) is 0 Å². The van der Waals surface area contributed by atoms with Gasteiger partial charge in [0.25, 0.3) is 5.69 Å². The number of ether oxygens (including phenoxy) is 1. The summed E-state index contributed by atoms with van der Waals surface area (Å²) in [4.78, 5) is 34.7. The van der Waals surface area contributed by atoms with E-state index in [1.807, 2.05) is 0 Å². The van der Waals surface area contributed by atoms with Crippen LogP contribution in [-0.2, 0) is 9.59 Å². The second-order valence-electron chi connectivity index (χ2n) is 6.84. The van der Waals surface area contributed by atoms with Gasteiger partial charge in [-0.05, 0) is 50.1 Å². The van der Waals surface area contributed by atoms with Crippen molar-refractivity contribution in [2.24, 2.45) is 5.92 Å². The lowest BCUT2D eigenvalue weighted by molar-refractivity contribution is -0.384. The predicted molar refractivity (Wildman–Crippen MR) is 109 cm³/mol.